The first-order valence-electron chi connectivity index (χ1n) is 13.0. The molecule has 0 aromatic heterocycles. The molecule has 2 aliphatic heterocycles. The van der Waals surface area contributed by atoms with Gasteiger partial charge in [0, 0.05) is 28.1 Å². The first-order valence-corrected chi connectivity index (χ1v) is 13.8. The third-order valence-corrected chi connectivity index (χ3v) is 7.50. The molecule has 0 spiro atoms. The highest BCUT2D eigenvalue weighted by molar-refractivity contribution is 6.35. The molecule has 2 heterocycles. The summed E-state index contributed by atoms with van der Waals surface area (Å²) in [7, 11) is 4.88. The highest BCUT2D eigenvalue weighted by Gasteiger charge is 2.42. The second-order valence-corrected chi connectivity index (χ2v) is 10.3. The number of nitrogens with zero attached hydrogens (tertiary/aromatic N) is 2. The molecule has 0 fully saturated rings. The van der Waals surface area contributed by atoms with E-state index in [0.29, 0.717) is 51.8 Å². The minimum absolute atomic E-state index is 0.131. The van der Waals surface area contributed by atoms with E-state index < -0.39 is 6.23 Å². The van der Waals surface area contributed by atoms with Gasteiger partial charge in [0.1, 0.15) is 5.75 Å². The van der Waals surface area contributed by atoms with Crippen LogP contribution in [0.1, 0.15) is 61.6 Å². The number of halogens is 2. The molecular formula is C30H32Cl2N2O5. The van der Waals surface area contributed by atoms with E-state index in [1.165, 1.54) is 0 Å². The van der Waals surface area contributed by atoms with E-state index in [1.54, 1.807) is 27.4 Å². The zero-order valence-electron chi connectivity index (χ0n) is 22.5. The molecular weight excluding hydrogens is 539 g/mol. The van der Waals surface area contributed by atoms with Crippen molar-refractivity contribution < 1.29 is 23.7 Å². The Morgan fingerprint density at radius 3 is 2.38 bits per heavy atom. The number of hydrazone groups is 1. The maximum Gasteiger partial charge on any atom is 0.214 e. The highest BCUT2D eigenvalue weighted by Crippen LogP contribution is 2.51. The topological polar surface area (TPSA) is 61.8 Å². The normalized spacial score (nSPS) is 17.6. The number of benzene rings is 3. The summed E-state index contributed by atoms with van der Waals surface area (Å²) in [5.41, 5.74) is 3.59. The first-order chi connectivity index (χ1) is 19.0. The fourth-order valence-corrected chi connectivity index (χ4v) is 5.57. The van der Waals surface area contributed by atoms with E-state index in [1.807, 2.05) is 47.5 Å². The van der Waals surface area contributed by atoms with Crippen LogP contribution in [0.4, 0.5) is 0 Å². The van der Waals surface area contributed by atoms with Crippen molar-refractivity contribution in [3.8, 4) is 28.7 Å². The van der Waals surface area contributed by atoms with E-state index in [0.717, 1.165) is 41.7 Å². The fraction of sp³-hybridized carbons (Fsp3) is 0.367. The Morgan fingerprint density at radius 1 is 0.897 bits per heavy atom. The van der Waals surface area contributed by atoms with Crippen LogP contribution in [0, 0.1) is 0 Å². The number of rotatable bonds is 10. The van der Waals surface area contributed by atoms with Gasteiger partial charge in [0.2, 0.25) is 6.23 Å². The number of fused-ring (bicyclic) bond motifs is 3. The van der Waals surface area contributed by atoms with Crippen LogP contribution in [0.3, 0.4) is 0 Å². The summed E-state index contributed by atoms with van der Waals surface area (Å²) in [5.74, 6) is 3.24. The van der Waals surface area contributed by atoms with Crippen LogP contribution in [0.25, 0.3) is 0 Å². The lowest BCUT2D eigenvalue weighted by Crippen LogP contribution is -2.33. The molecule has 0 saturated heterocycles. The van der Waals surface area contributed by atoms with Crippen molar-refractivity contribution >= 4 is 28.9 Å². The summed E-state index contributed by atoms with van der Waals surface area (Å²) in [4.78, 5) is 0. The molecule has 5 rings (SSSR count). The molecule has 9 heteroatoms. The van der Waals surface area contributed by atoms with E-state index in [9.17, 15) is 0 Å². The van der Waals surface area contributed by atoms with E-state index >= 15 is 0 Å². The molecule has 0 amide bonds. The summed E-state index contributed by atoms with van der Waals surface area (Å²) >= 11 is 13.1. The second-order valence-electron chi connectivity index (χ2n) is 9.46. The van der Waals surface area contributed by atoms with E-state index in [-0.39, 0.29) is 6.04 Å². The van der Waals surface area contributed by atoms with Gasteiger partial charge >= 0.3 is 0 Å². The molecule has 206 valence electrons. The van der Waals surface area contributed by atoms with Crippen molar-refractivity contribution in [3.63, 3.8) is 0 Å². The highest BCUT2D eigenvalue weighted by atomic mass is 35.5. The summed E-state index contributed by atoms with van der Waals surface area (Å²) in [6.45, 7) is 2.81. The molecule has 7 nitrogen and oxygen atoms in total. The molecule has 0 saturated carbocycles. The van der Waals surface area contributed by atoms with Crippen LogP contribution in [-0.4, -0.2) is 38.7 Å². The zero-order chi connectivity index (χ0) is 27.5. The summed E-state index contributed by atoms with van der Waals surface area (Å²) in [5, 5.41) is 8.03. The quantitative estimate of drug-likeness (QED) is 0.231. The second kappa shape index (κ2) is 11.8. The molecule has 2 atom stereocenters. The number of hydrogen-bond donors (Lipinski definition) is 0. The smallest absolute Gasteiger partial charge is 0.214 e. The Labute approximate surface area is 239 Å². The standard InChI is InChI=1S/C30H32Cl2N2O5/c1-5-6-7-12-38-26-11-9-19(14-28(26)37-4)30-34-24(21-15-20(31)16-22(32)29(21)39-30)17-23(33-34)18-8-10-25(35-2)27(13-18)36-3/h8-11,13-16,24,30H,5-7,12,17H2,1-4H3/t24-,30+/m0/s1. The lowest BCUT2D eigenvalue weighted by molar-refractivity contribution is -0.0190. The molecule has 2 aliphatic rings. The maximum absolute atomic E-state index is 6.64. The van der Waals surface area contributed by atoms with Crippen molar-refractivity contribution in [2.24, 2.45) is 5.10 Å². The van der Waals surface area contributed by atoms with Crippen molar-refractivity contribution in [2.75, 3.05) is 27.9 Å². The SMILES string of the molecule is CCCCCOc1ccc([C@H]2Oc3c(Cl)cc(Cl)cc3[C@@H]3CC(c4ccc(OC)c(OC)c4)=NN23)cc1OC. The maximum atomic E-state index is 6.64. The van der Waals surface area contributed by atoms with Crippen LogP contribution in [0.15, 0.2) is 53.6 Å². The van der Waals surface area contributed by atoms with Crippen molar-refractivity contribution in [1.29, 1.82) is 0 Å². The Balaban J connectivity index is 1.53. The van der Waals surface area contributed by atoms with Gasteiger partial charge in [0.25, 0.3) is 0 Å². The first kappa shape index (κ1) is 27.3. The van der Waals surface area contributed by atoms with Crippen LogP contribution in [-0.2, 0) is 0 Å². The average molecular weight is 572 g/mol. The Bertz CT molecular complexity index is 1380. The third kappa shape index (κ3) is 5.43. The van der Waals surface area contributed by atoms with Crippen molar-refractivity contribution in [3.05, 3.63) is 75.3 Å². The number of ether oxygens (including phenoxy) is 5. The van der Waals surface area contributed by atoms with Gasteiger partial charge in [-0.05, 0) is 55.0 Å². The van der Waals surface area contributed by atoms with Crippen molar-refractivity contribution in [1.82, 2.24) is 5.01 Å². The number of hydrogen-bond acceptors (Lipinski definition) is 7. The van der Waals surface area contributed by atoms with Crippen LogP contribution in [0.5, 0.6) is 28.7 Å². The van der Waals surface area contributed by atoms with Gasteiger partial charge in [-0.2, -0.15) is 5.10 Å². The van der Waals surface area contributed by atoms with Gasteiger partial charge in [-0.15, -0.1) is 0 Å². The Kier molecular flexibility index (Phi) is 8.29. The van der Waals surface area contributed by atoms with Gasteiger partial charge < -0.3 is 23.7 Å². The zero-order valence-corrected chi connectivity index (χ0v) is 24.0. The summed E-state index contributed by atoms with van der Waals surface area (Å²) in [6, 6.07) is 15.1. The van der Waals surface area contributed by atoms with E-state index in [2.05, 4.69) is 6.92 Å². The molecule has 0 radical (unpaired) electrons. The number of methoxy groups -OCH3 is 3. The van der Waals surface area contributed by atoms with E-state index in [4.69, 9.17) is 52.0 Å². The monoisotopic (exact) mass is 570 g/mol. The van der Waals surface area contributed by atoms with Gasteiger partial charge in [0.05, 0.1) is 44.7 Å². The van der Waals surface area contributed by atoms with Gasteiger partial charge in [-0.3, -0.25) is 0 Å². The number of unbranched alkanes of at least 4 members (excludes halogenated alkanes) is 2. The van der Waals surface area contributed by atoms with Crippen LogP contribution in [0.2, 0.25) is 10.0 Å². The van der Waals surface area contributed by atoms with Crippen LogP contribution < -0.4 is 23.7 Å². The lowest BCUT2D eigenvalue weighted by Gasteiger charge is -2.38. The minimum Gasteiger partial charge on any atom is -0.493 e. The predicted octanol–water partition coefficient (Wildman–Crippen LogP) is 7.83. The molecule has 3 aromatic rings. The molecule has 3 aromatic carbocycles. The average Bonchev–Trinajstić information content (AvgIpc) is 3.40. The lowest BCUT2D eigenvalue weighted by atomic mass is 9.95. The van der Waals surface area contributed by atoms with Crippen molar-refractivity contribution in [2.45, 2.75) is 44.9 Å². The third-order valence-electron chi connectivity index (χ3n) is 7.00. The molecule has 0 bridgehead atoms. The van der Waals surface area contributed by atoms with Gasteiger partial charge in [-0.25, -0.2) is 5.01 Å². The largest absolute Gasteiger partial charge is 0.493 e. The Morgan fingerprint density at radius 2 is 1.64 bits per heavy atom. The fourth-order valence-electron chi connectivity index (χ4n) is 5.02. The molecule has 39 heavy (non-hydrogen) atoms. The summed E-state index contributed by atoms with van der Waals surface area (Å²) in [6.07, 6.45) is 3.35. The minimum atomic E-state index is -0.540. The predicted molar refractivity (Wildman–Crippen MR) is 153 cm³/mol. The van der Waals surface area contributed by atoms with Gasteiger partial charge in [0.15, 0.2) is 23.0 Å². The molecule has 0 aliphatic carbocycles. The summed E-state index contributed by atoms with van der Waals surface area (Å²) < 4.78 is 29.2. The van der Waals surface area contributed by atoms with Gasteiger partial charge in [-0.1, -0.05) is 43.0 Å². The Hall–Kier alpha value is -3.29. The molecule has 0 N–H and O–H groups in total. The van der Waals surface area contributed by atoms with Crippen LogP contribution >= 0.6 is 23.2 Å². The molecule has 0 unspecified atom stereocenters.